The normalized spacial score (nSPS) is 15.0. The zero-order valence-corrected chi connectivity index (χ0v) is 19.9. The summed E-state index contributed by atoms with van der Waals surface area (Å²) in [5.74, 6) is 1.12. The number of nitrogens with zero attached hydrogens (tertiary/aromatic N) is 4. The van der Waals surface area contributed by atoms with Crippen LogP contribution < -0.4 is 14.8 Å². The van der Waals surface area contributed by atoms with Crippen LogP contribution in [0.4, 0.5) is 8.78 Å². The summed E-state index contributed by atoms with van der Waals surface area (Å²) in [6, 6.07) is 6.81. The van der Waals surface area contributed by atoms with Gasteiger partial charge in [0.15, 0.2) is 17.5 Å². The second kappa shape index (κ2) is 12.6. The Morgan fingerprint density at radius 1 is 1.23 bits per heavy atom. The number of benzene rings is 1. The maximum atomic E-state index is 12.6. The summed E-state index contributed by atoms with van der Waals surface area (Å²) in [4.78, 5) is 8.88. The fourth-order valence-electron chi connectivity index (χ4n) is 3.30. The molecular formula is C20H28F2IN5O3. The van der Waals surface area contributed by atoms with Crippen LogP contribution >= 0.6 is 24.0 Å². The Morgan fingerprint density at radius 2 is 2.00 bits per heavy atom. The van der Waals surface area contributed by atoms with E-state index in [-0.39, 0.29) is 29.7 Å². The van der Waals surface area contributed by atoms with E-state index in [1.807, 2.05) is 6.07 Å². The number of alkyl halides is 2. The first-order valence-corrected chi connectivity index (χ1v) is 9.86. The van der Waals surface area contributed by atoms with Crippen LogP contribution in [0.1, 0.15) is 18.2 Å². The molecule has 0 aliphatic carbocycles. The molecule has 11 heteroatoms. The van der Waals surface area contributed by atoms with Crippen LogP contribution in [0.15, 0.2) is 40.0 Å². The predicted octanol–water partition coefficient (Wildman–Crippen LogP) is 3.19. The molecule has 1 aromatic heterocycles. The number of aliphatic imine (C=N–C) groups is 1. The fraction of sp³-hybridized carbons (Fsp3) is 0.500. The average Bonchev–Trinajstić information content (AvgIpc) is 3.24. The number of hydrogen-bond acceptors (Lipinski definition) is 6. The van der Waals surface area contributed by atoms with Crippen LogP contribution in [0.2, 0.25) is 0 Å². The third-order valence-corrected chi connectivity index (χ3v) is 4.74. The van der Waals surface area contributed by atoms with Crippen LogP contribution in [0.5, 0.6) is 11.5 Å². The third kappa shape index (κ3) is 7.49. The molecule has 31 heavy (non-hydrogen) atoms. The molecule has 0 atom stereocenters. The molecule has 1 saturated heterocycles. The number of piperazine rings is 1. The lowest BCUT2D eigenvalue weighted by atomic mass is 10.2. The SMILES string of the molecule is CCOc1cc(CNC(=NC)N2CCN(Cc3ccon3)CC2)ccc1OC(F)F.I. The summed E-state index contributed by atoms with van der Waals surface area (Å²) in [6.45, 7) is 3.97. The predicted molar refractivity (Wildman–Crippen MR) is 123 cm³/mol. The second-order valence-corrected chi connectivity index (χ2v) is 6.75. The van der Waals surface area contributed by atoms with Gasteiger partial charge in [-0.15, -0.1) is 24.0 Å². The lowest BCUT2D eigenvalue weighted by Gasteiger charge is -2.36. The highest BCUT2D eigenvalue weighted by Crippen LogP contribution is 2.29. The highest BCUT2D eigenvalue weighted by Gasteiger charge is 2.20. The Balaban J connectivity index is 0.00000341. The van der Waals surface area contributed by atoms with Gasteiger partial charge in [0.2, 0.25) is 0 Å². The van der Waals surface area contributed by atoms with E-state index in [0.717, 1.165) is 49.9 Å². The molecule has 1 aliphatic heterocycles. The van der Waals surface area contributed by atoms with Gasteiger partial charge in [0, 0.05) is 52.4 Å². The van der Waals surface area contributed by atoms with E-state index in [0.29, 0.717) is 18.9 Å². The Morgan fingerprint density at radius 3 is 2.61 bits per heavy atom. The zero-order chi connectivity index (χ0) is 21.3. The number of halogens is 3. The van der Waals surface area contributed by atoms with Gasteiger partial charge >= 0.3 is 6.61 Å². The van der Waals surface area contributed by atoms with Gasteiger partial charge in [-0.2, -0.15) is 8.78 Å². The number of ether oxygens (including phenoxy) is 2. The van der Waals surface area contributed by atoms with E-state index < -0.39 is 6.61 Å². The van der Waals surface area contributed by atoms with Gasteiger partial charge in [-0.3, -0.25) is 9.89 Å². The van der Waals surface area contributed by atoms with Crippen molar-refractivity contribution in [3.05, 3.63) is 41.8 Å². The van der Waals surface area contributed by atoms with Gasteiger partial charge in [-0.25, -0.2) is 0 Å². The molecular weight excluding hydrogens is 523 g/mol. The molecule has 0 radical (unpaired) electrons. The first-order chi connectivity index (χ1) is 14.6. The van der Waals surface area contributed by atoms with Gasteiger partial charge in [0.25, 0.3) is 0 Å². The van der Waals surface area contributed by atoms with Crippen molar-refractivity contribution < 1.29 is 22.8 Å². The van der Waals surface area contributed by atoms with Crippen LogP contribution in [0.3, 0.4) is 0 Å². The molecule has 2 aromatic rings. The van der Waals surface area contributed by atoms with E-state index in [1.165, 1.54) is 6.07 Å². The smallest absolute Gasteiger partial charge is 0.387 e. The summed E-state index contributed by atoms with van der Waals surface area (Å²) < 4.78 is 40.0. The van der Waals surface area contributed by atoms with E-state index >= 15 is 0 Å². The minimum absolute atomic E-state index is 0. The number of rotatable bonds is 8. The lowest BCUT2D eigenvalue weighted by Crippen LogP contribution is -2.52. The Bertz CT molecular complexity index is 815. The van der Waals surface area contributed by atoms with Crippen molar-refractivity contribution in [2.75, 3.05) is 39.8 Å². The van der Waals surface area contributed by atoms with E-state index in [1.54, 1.807) is 32.4 Å². The van der Waals surface area contributed by atoms with Crippen molar-refractivity contribution in [2.24, 2.45) is 4.99 Å². The summed E-state index contributed by atoms with van der Waals surface area (Å²) in [5.41, 5.74) is 1.81. The monoisotopic (exact) mass is 551 g/mol. The van der Waals surface area contributed by atoms with Gasteiger partial charge in [0.1, 0.15) is 6.26 Å². The van der Waals surface area contributed by atoms with E-state index in [2.05, 4.69) is 30.0 Å². The summed E-state index contributed by atoms with van der Waals surface area (Å²) >= 11 is 0. The molecule has 1 aromatic carbocycles. The quantitative estimate of drug-likeness (QED) is 0.307. The summed E-state index contributed by atoms with van der Waals surface area (Å²) in [6.07, 6.45) is 1.58. The van der Waals surface area contributed by atoms with Gasteiger partial charge in [0.05, 0.1) is 12.3 Å². The maximum absolute atomic E-state index is 12.6. The van der Waals surface area contributed by atoms with Gasteiger partial charge < -0.3 is 24.2 Å². The average molecular weight is 551 g/mol. The van der Waals surface area contributed by atoms with Crippen LogP contribution in [0.25, 0.3) is 0 Å². The van der Waals surface area contributed by atoms with Crippen LogP contribution in [0, 0.1) is 0 Å². The molecule has 1 aliphatic rings. The first kappa shape index (κ1) is 25.1. The summed E-state index contributed by atoms with van der Waals surface area (Å²) in [5, 5.41) is 7.29. The van der Waals surface area contributed by atoms with Crippen LogP contribution in [-0.2, 0) is 13.1 Å². The minimum atomic E-state index is -2.89. The number of aromatic nitrogens is 1. The molecule has 1 N–H and O–H groups in total. The van der Waals surface area contributed by atoms with E-state index in [4.69, 9.17) is 9.26 Å². The standard InChI is InChI=1S/C20H27F2N5O3.HI/c1-3-28-18-12-15(4-5-17(18)30-19(21)22)13-24-20(23-2)27-9-7-26(8-10-27)14-16-6-11-29-25-16;/h4-6,11-12,19H,3,7-10,13-14H2,1-2H3,(H,23,24);1H. The van der Waals surface area contributed by atoms with Crippen molar-refractivity contribution in [1.29, 1.82) is 0 Å². The first-order valence-electron chi connectivity index (χ1n) is 9.86. The summed E-state index contributed by atoms with van der Waals surface area (Å²) in [7, 11) is 1.75. The highest BCUT2D eigenvalue weighted by atomic mass is 127. The Hall–Kier alpha value is -2.15. The second-order valence-electron chi connectivity index (χ2n) is 6.75. The molecule has 0 unspecified atom stereocenters. The number of guanidine groups is 1. The Kier molecular flexibility index (Phi) is 10.2. The molecule has 0 bridgehead atoms. The molecule has 0 saturated carbocycles. The van der Waals surface area contributed by atoms with Crippen molar-refractivity contribution in [1.82, 2.24) is 20.3 Å². The van der Waals surface area contributed by atoms with Gasteiger partial charge in [-0.1, -0.05) is 11.2 Å². The lowest BCUT2D eigenvalue weighted by molar-refractivity contribution is -0.0514. The van der Waals surface area contributed by atoms with Crippen molar-refractivity contribution in [3.8, 4) is 11.5 Å². The molecule has 2 heterocycles. The molecule has 0 amide bonds. The number of nitrogens with one attached hydrogen (secondary N) is 1. The minimum Gasteiger partial charge on any atom is -0.490 e. The topological polar surface area (TPSA) is 75.4 Å². The van der Waals surface area contributed by atoms with Crippen molar-refractivity contribution in [3.63, 3.8) is 0 Å². The highest BCUT2D eigenvalue weighted by molar-refractivity contribution is 14.0. The zero-order valence-electron chi connectivity index (χ0n) is 17.6. The fourth-order valence-corrected chi connectivity index (χ4v) is 3.30. The molecule has 1 fully saturated rings. The molecule has 8 nitrogen and oxygen atoms in total. The van der Waals surface area contributed by atoms with Gasteiger partial charge in [-0.05, 0) is 24.6 Å². The Labute approximate surface area is 197 Å². The molecule has 0 spiro atoms. The van der Waals surface area contributed by atoms with Crippen LogP contribution in [-0.4, -0.2) is 67.4 Å². The largest absolute Gasteiger partial charge is 0.490 e. The molecule has 3 rings (SSSR count). The van der Waals surface area contributed by atoms with E-state index in [9.17, 15) is 8.78 Å². The van der Waals surface area contributed by atoms with Crippen molar-refractivity contribution >= 4 is 29.9 Å². The molecule has 172 valence electrons. The maximum Gasteiger partial charge on any atom is 0.387 e. The van der Waals surface area contributed by atoms with Crippen molar-refractivity contribution in [2.45, 2.75) is 26.6 Å². The number of hydrogen-bond donors (Lipinski definition) is 1. The third-order valence-electron chi connectivity index (χ3n) is 4.74.